The van der Waals surface area contributed by atoms with Gasteiger partial charge in [-0.15, -0.1) is 0 Å². The molecule has 1 aliphatic carbocycles. The van der Waals surface area contributed by atoms with Gasteiger partial charge in [-0.2, -0.15) is 0 Å². The minimum Gasteiger partial charge on any atom is -0.271 e. The lowest BCUT2D eigenvalue weighted by Gasteiger charge is -2.26. The molecule has 0 radical (unpaired) electrons. The second-order valence-electron chi connectivity index (χ2n) is 5.27. The Morgan fingerprint density at radius 1 is 1.11 bits per heavy atom. The van der Waals surface area contributed by atoms with Crippen molar-refractivity contribution in [3.05, 3.63) is 66.0 Å². The molecule has 2 aromatic rings. The third kappa shape index (κ3) is 2.39. The molecule has 0 spiro atoms. The van der Waals surface area contributed by atoms with E-state index in [2.05, 4.69) is 46.8 Å². The lowest BCUT2D eigenvalue weighted by molar-refractivity contribution is 0.417. The van der Waals surface area contributed by atoms with E-state index in [-0.39, 0.29) is 11.5 Å². The lowest BCUT2D eigenvalue weighted by atomic mass is 9.86. The van der Waals surface area contributed by atoms with Crippen LogP contribution in [0.2, 0.25) is 0 Å². The second kappa shape index (κ2) is 5.11. The molecule has 0 amide bonds. The Hall–Kier alpha value is -1.71. The number of aromatic nitrogens is 1. The number of nitrogens with one attached hydrogen (secondary N) is 1. The van der Waals surface area contributed by atoms with Crippen LogP contribution in [0, 0.1) is 0 Å². The molecule has 19 heavy (non-hydrogen) atoms. The minimum absolute atomic E-state index is 0.188. The number of rotatable bonds is 5. The van der Waals surface area contributed by atoms with Crippen LogP contribution >= 0.6 is 0 Å². The highest BCUT2D eigenvalue weighted by molar-refractivity contribution is 5.34. The Kier molecular flexibility index (Phi) is 3.32. The third-order valence-corrected chi connectivity index (χ3v) is 4.15. The summed E-state index contributed by atoms with van der Waals surface area (Å²) in [4.78, 5) is 4.41. The Balaban J connectivity index is 1.83. The standard InChI is InChI=1S/C16H19N3/c17-19-15(12-14-8-4-5-11-18-14)16(9-10-16)13-6-2-1-3-7-13/h1-8,11,15,19H,9-10,12,17H2. The SMILES string of the molecule is NNC(Cc1ccccn1)C1(c2ccccc2)CC1. The molecule has 3 rings (SSSR count). The number of hydrogen-bond donors (Lipinski definition) is 2. The lowest BCUT2D eigenvalue weighted by Crippen LogP contribution is -2.45. The van der Waals surface area contributed by atoms with E-state index in [1.54, 1.807) is 0 Å². The molecular formula is C16H19N3. The first kappa shape index (κ1) is 12.3. The van der Waals surface area contributed by atoms with Crippen LogP contribution in [0.5, 0.6) is 0 Å². The summed E-state index contributed by atoms with van der Waals surface area (Å²) in [6, 6.07) is 16.9. The predicted octanol–water partition coefficient (Wildman–Crippen LogP) is 2.19. The van der Waals surface area contributed by atoms with E-state index in [1.165, 1.54) is 18.4 Å². The van der Waals surface area contributed by atoms with Gasteiger partial charge in [0.15, 0.2) is 0 Å². The van der Waals surface area contributed by atoms with Crippen molar-refractivity contribution >= 4 is 0 Å². The molecule has 1 saturated carbocycles. The molecule has 1 aromatic carbocycles. The summed E-state index contributed by atoms with van der Waals surface area (Å²) < 4.78 is 0. The van der Waals surface area contributed by atoms with Crippen LogP contribution < -0.4 is 11.3 Å². The summed E-state index contributed by atoms with van der Waals surface area (Å²) in [6.07, 6.45) is 5.09. The number of nitrogens with zero attached hydrogens (tertiary/aromatic N) is 1. The summed E-state index contributed by atoms with van der Waals surface area (Å²) in [7, 11) is 0. The first-order chi connectivity index (χ1) is 9.35. The first-order valence-electron chi connectivity index (χ1n) is 6.77. The average Bonchev–Trinajstić information content (AvgIpc) is 3.28. The van der Waals surface area contributed by atoms with E-state index in [4.69, 9.17) is 5.84 Å². The van der Waals surface area contributed by atoms with E-state index in [0.717, 1.165) is 12.1 Å². The molecule has 0 aliphatic heterocycles. The smallest absolute Gasteiger partial charge is 0.0419 e. The van der Waals surface area contributed by atoms with Crippen molar-refractivity contribution < 1.29 is 0 Å². The quantitative estimate of drug-likeness (QED) is 0.634. The van der Waals surface area contributed by atoms with E-state index in [0.29, 0.717) is 0 Å². The number of hydrazine groups is 1. The van der Waals surface area contributed by atoms with Gasteiger partial charge < -0.3 is 0 Å². The third-order valence-electron chi connectivity index (χ3n) is 4.15. The zero-order chi connectivity index (χ0) is 13.1. The highest BCUT2D eigenvalue weighted by Crippen LogP contribution is 2.51. The molecule has 1 fully saturated rings. The summed E-state index contributed by atoms with van der Waals surface area (Å²) in [5, 5.41) is 0. The number of benzene rings is 1. The molecule has 1 unspecified atom stereocenters. The van der Waals surface area contributed by atoms with Crippen molar-refractivity contribution in [2.75, 3.05) is 0 Å². The average molecular weight is 253 g/mol. The van der Waals surface area contributed by atoms with Crippen LogP contribution in [0.3, 0.4) is 0 Å². The monoisotopic (exact) mass is 253 g/mol. The predicted molar refractivity (Wildman–Crippen MR) is 76.4 cm³/mol. The van der Waals surface area contributed by atoms with Crippen molar-refractivity contribution in [2.24, 2.45) is 5.84 Å². The molecule has 3 N–H and O–H groups in total. The minimum atomic E-state index is 0.188. The fraction of sp³-hybridized carbons (Fsp3) is 0.312. The Bertz CT molecular complexity index is 520. The maximum atomic E-state index is 5.81. The molecule has 3 nitrogen and oxygen atoms in total. The van der Waals surface area contributed by atoms with Gasteiger partial charge in [-0.05, 0) is 30.5 Å². The topological polar surface area (TPSA) is 50.9 Å². The second-order valence-corrected chi connectivity index (χ2v) is 5.27. The molecule has 1 heterocycles. The molecule has 0 bridgehead atoms. The van der Waals surface area contributed by atoms with Crippen molar-refractivity contribution in [2.45, 2.75) is 30.7 Å². The van der Waals surface area contributed by atoms with E-state index in [9.17, 15) is 0 Å². The van der Waals surface area contributed by atoms with Crippen LogP contribution in [0.25, 0.3) is 0 Å². The molecule has 98 valence electrons. The van der Waals surface area contributed by atoms with Crippen molar-refractivity contribution in [1.82, 2.24) is 10.4 Å². The number of hydrogen-bond acceptors (Lipinski definition) is 3. The highest BCUT2D eigenvalue weighted by atomic mass is 15.2. The van der Waals surface area contributed by atoms with Crippen LogP contribution in [-0.4, -0.2) is 11.0 Å². The first-order valence-corrected chi connectivity index (χ1v) is 6.77. The van der Waals surface area contributed by atoms with Crippen LogP contribution in [-0.2, 0) is 11.8 Å². The Labute approximate surface area is 113 Å². The largest absolute Gasteiger partial charge is 0.271 e. The molecule has 1 aromatic heterocycles. The van der Waals surface area contributed by atoms with Gasteiger partial charge in [0.25, 0.3) is 0 Å². The van der Waals surface area contributed by atoms with Gasteiger partial charge in [-0.1, -0.05) is 36.4 Å². The van der Waals surface area contributed by atoms with Crippen molar-refractivity contribution in [1.29, 1.82) is 0 Å². The summed E-state index contributed by atoms with van der Waals surface area (Å²) in [5.74, 6) is 5.81. The number of pyridine rings is 1. The van der Waals surface area contributed by atoms with E-state index in [1.807, 2.05) is 18.3 Å². The maximum absolute atomic E-state index is 5.81. The molecule has 0 saturated heterocycles. The fourth-order valence-electron chi connectivity index (χ4n) is 2.88. The van der Waals surface area contributed by atoms with Crippen LogP contribution in [0.4, 0.5) is 0 Å². The van der Waals surface area contributed by atoms with Gasteiger partial charge in [-0.25, -0.2) is 0 Å². The van der Waals surface area contributed by atoms with Crippen molar-refractivity contribution in [3.8, 4) is 0 Å². The highest BCUT2D eigenvalue weighted by Gasteiger charge is 2.50. The van der Waals surface area contributed by atoms with Gasteiger partial charge >= 0.3 is 0 Å². The van der Waals surface area contributed by atoms with Crippen molar-refractivity contribution in [3.63, 3.8) is 0 Å². The van der Waals surface area contributed by atoms with Gasteiger partial charge in [0.2, 0.25) is 0 Å². The summed E-state index contributed by atoms with van der Waals surface area (Å²) >= 11 is 0. The van der Waals surface area contributed by atoms with E-state index < -0.39 is 0 Å². The Morgan fingerprint density at radius 3 is 2.42 bits per heavy atom. The summed E-state index contributed by atoms with van der Waals surface area (Å²) in [6.45, 7) is 0. The maximum Gasteiger partial charge on any atom is 0.0419 e. The normalized spacial score (nSPS) is 17.9. The van der Waals surface area contributed by atoms with Crippen LogP contribution in [0.15, 0.2) is 54.7 Å². The Morgan fingerprint density at radius 2 is 1.84 bits per heavy atom. The van der Waals surface area contributed by atoms with Gasteiger partial charge in [0.1, 0.15) is 0 Å². The summed E-state index contributed by atoms with van der Waals surface area (Å²) in [5.41, 5.74) is 5.67. The number of nitrogens with two attached hydrogens (primary N) is 1. The van der Waals surface area contributed by atoms with Gasteiger partial charge in [-0.3, -0.25) is 16.3 Å². The molecule has 1 aliphatic rings. The van der Waals surface area contributed by atoms with Gasteiger partial charge in [0.05, 0.1) is 0 Å². The molecule has 1 atom stereocenters. The van der Waals surface area contributed by atoms with E-state index >= 15 is 0 Å². The molecular weight excluding hydrogens is 234 g/mol. The van der Waals surface area contributed by atoms with Gasteiger partial charge in [0, 0.05) is 29.8 Å². The molecule has 3 heteroatoms. The fourth-order valence-corrected chi connectivity index (χ4v) is 2.88. The zero-order valence-electron chi connectivity index (χ0n) is 10.9. The zero-order valence-corrected chi connectivity index (χ0v) is 10.9. The van der Waals surface area contributed by atoms with Crippen LogP contribution in [0.1, 0.15) is 24.1 Å².